The molecule has 0 radical (unpaired) electrons. The number of fused-ring (bicyclic) bond motifs is 2. The molecule has 0 saturated heterocycles. The van der Waals surface area contributed by atoms with E-state index in [1.807, 2.05) is 66.7 Å². The molecule has 1 aromatic heterocycles. The molecule has 0 aliphatic heterocycles. The van der Waals surface area contributed by atoms with Gasteiger partial charge >= 0.3 is 11.9 Å². The lowest BCUT2D eigenvalue weighted by atomic mass is 9.95. The fraction of sp³-hybridized carbons (Fsp3) is 0.269. The summed E-state index contributed by atoms with van der Waals surface area (Å²) in [5.41, 5.74) is 1.24. The molecule has 0 spiro atoms. The van der Waals surface area contributed by atoms with E-state index in [-0.39, 0.29) is 30.3 Å². The van der Waals surface area contributed by atoms with Crippen molar-refractivity contribution >= 4 is 27.5 Å². The summed E-state index contributed by atoms with van der Waals surface area (Å²) in [6, 6.07) is 20.9. The number of nitrogens with zero attached hydrogens (tertiary/aromatic N) is 2. The second-order valence-corrected chi connectivity index (χ2v) is 8.37. The first-order valence-corrected chi connectivity index (χ1v) is 10.9. The van der Waals surface area contributed by atoms with Crippen LogP contribution in [0.4, 0.5) is 0 Å². The van der Waals surface area contributed by atoms with Gasteiger partial charge in [-0.2, -0.15) is 0 Å². The summed E-state index contributed by atoms with van der Waals surface area (Å²) in [4.78, 5) is 13.2. The second-order valence-electron chi connectivity index (χ2n) is 8.37. The van der Waals surface area contributed by atoms with Gasteiger partial charge in [-0.1, -0.05) is 64.1 Å². The van der Waals surface area contributed by atoms with E-state index in [1.165, 1.54) is 6.42 Å². The molecule has 0 amide bonds. The van der Waals surface area contributed by atoms with Crippen LogP contribution in [-0.4, -0.2) is 16.0 Å². The molecular formula is C26H26N2O3+2. The number of hydrogen-bond acceptors (Lipinski definition) is 3. The number of carbonyl (C=O) groups is 1. The van der Waals surface area contributed by atoms with E-state index >= 15 is 0 Å². The van der Waals surface area contributed by atoms with E-state index in [4.69, 9.17) is 0 Å². The highest BCUT2D eigenvalue weighted by Crippen LogP contribution is 2.29. The Bertz CT molecular complexity index is 1290. The Morgan fingerprint density at radius 2 is 1.58 bits per heavy atom. The summed E-state index contributed by atoms with van der Waals surface area (Å²) in [5, 5.41) is 24.9. The molecule has 2 N–H and O–H groups in total. The van der Waals surface area contributed by atoms with Crippen LogP contribution in [0, 0.1) is 0 Å². The van der Waals surface area contributed by atoms with Crippen molar-refractivity contribution in [2.45, 2.75) is 44.7 Å². The monoisotopic (exact) mass is 414 g/mol. The number of rotatable bonds is 4. The number of ketones is 1. The Labute approximate surface area is 180 Å². The topological polar surface area (TPSA) is 65.3 Å². The minimum Gasteiger partial charge on any atom is -0.459 e. The van der Waals surface area contributed by atoms with Gasteiger partial charge in [0.2, 0.25) is 17.8 Å². The lowest BCUT2D eigenvalue weighted by Gasteiger charge is -2.17. The number of benzene rings is 3. The molecule has 5 nitrogen and oxygen atoms in total. The Kier molecular flexibility index (Phi) is 5.02. The highest BCUT2D eigenvalue weighted by Gasteiger charge is 2.40. The van der Waals surface area contributed by atoms with E-state index in [1.54, 1.807) is 9.13 Å². The molecule has 0 unspecified atom stereocenters. The maximum Gasteiger partial charge on any atom is 0.632 e. The number of carbonyl (C=O) groups excluding carboxylic acids is 1. The van der Waals surface area contributed by atoms with Crippen molar-refractivity contribution in [2.75, 3.05) is 0 Å². The van der Waals surface area contributed by atoms with Crippen molar-refractivity contribution in [3.8, 4) is 11.9 Å². The van der Waals surface area contributed by atoms with Crippen molar-refractivity contribution in [3.05, 3.63) is 72.3 Å². The van der Waals surface area contributed by atoms with E-state index in [0.29, 0.717) is 16.5 Å². The number of hydrogen-bond donors (Lipinski definition) is 2. The van der Waals surface area contributed by atoms with Gasteiger partial charge in [0.1, 0.15) is 0 Å². The van der Waals surface area contributed by atoms with Gasteiger partial charge < -0.3 is 10.2 Å². The Morgan fingerprint density at radius 3 is 2.39 bits per heavy atom. The van der Waals surface area contributed by atoms with Crippen molar-refractivity contribution < 1.29 is 24.1 Å². The van der Waals surface area contributed by atoms with Crippen LogP contribution < -0.4 is 9.13 Å². The van der Waals surface area contributed by atoms with Crippen LogP contribution in [0.1, 0.15) is 48.5 Å². The molecule has 1 aliphatic rings. The first-order chi connectivity index (χ1) is 15.1. The maximum absolute atomic E-state index is 13.2. The summed E-state index contributed by atoms with van der Waals surface area (Å²) < 4.78 is 3.25. The van der Waals surface area contributed by atoms with Crippen LogP contribution in [0.15, 0.2) is 66.7 Å². The smallest absolute Gasteiger partial charge is 0.459 e. The normalized spacial score (nSPS) is 14.8. The van der Waals surface area contributed by atoms with Crippen LogP contribution in [-0.2, 0) is 6.54 Å². The van der Waals surface area contributed by atoms with Gasteiger partial charge in [0.05, 0.1) is 0 Å². The van der Waals surface area contributed by atoms with Crippen LogP contribution >= 0.6 is 0 Å². The molecule has 31 heavy (non-hydrogen) atoms. The highest BCUT2D eigenvalue weighted by atomic mass is 16.3. The molecule has 1 saturated carbocycles. The minimum absolute atomic E-state index is 0.00229. The van der Waals surface area contributed by atoms with Gasteiger partial charge in [0.15, 0.2) is 11.4 Å². The Morgan fingerprint density at radius 1 is 0.871 bits per heavy atom. The van der Waals surface area contributed by atoms with Crippen molar-refractivity contribution in [3.63, 3.8) is 0 Å². The molecule has 1 heterocycles. The molecule has 5 rings (SSSR count). The van der Waals surface area contributed by atoms with Gasteiger partial charge in [-0.3, -0.25) is 4.79 Å². The molecule has 0 bridgehead atoms. The van der Waals surface area contributed by atoms with Gasteiger partial charge in [-0.25, -0.2) is 0 Å². The SMILES string of the molecule is O=C(C[n+]1c(O)[n+](C2CCCCC2)c(O)c2ccccc21)c1ccc2ccccc2c1. The molecular weight excluding hydrogens is 388 g/mol. The van der Waals surface area contributed by atoms with Crippen molar-refractivity contribution in [2.24, 2.45) is 0 Å². The number of aromatic nitrogens is 2. The summed E-state index contributed by atoms with van der Waals surface area (Å²) in [5.74, 6) is -0.0218. The Hall–Kier alpha value is -3.47. The number of aromatic hydroxyl groups is 2. The van der Waals surface area contributed by atoms with E-state index < -0.39 is 0 Å². The second kappa shape index (κ2) is 7.99. The fourth-order valence-electron chi connectivity index (χ4n) is 4.79. The van der Waals surface area contributed by atoms with E-state index in [0.717, 1.165) is 36.5 Å². The quantitative estimate of drug-likeness (QED) is 0.385. The third-order valence-electron chi connectivity index (χ3n) is 6.43. The van der Waals surface area contributed by atoms with Gasteiger partial charge in [0.25, 0.3) is 0 Å². The number of para-hydroxylation sites is 1. The lowest BCUT2D eigenvalue weighted by molar-refractivity contribution is -0.830. The molecule has 156 valence electrons. The van der Waals surface area contributed by atoms with E-state index in [2.05, 4.69) is 0 Å². The third kappa shape index (κ3) is 3.50. The lowest BCUT2D eigenvalue weighted by Crippen LogP contribution is -2.52. The highest BCUT2D eigenvalue weighted by molar-refractivity contribution is 5.99. The number of Topliss-reactive ketones (excluding diaryl/α,β-unsaturated/α-hetero) is 1. The van der Waals surface area contributed by atoms with E-state index in [9.17, 15) is 15.0 Å². The zero-order valence-corrected chi connectivity index (χ0v) is 17.4. The average Bonchev–Trinajstić information content (AvgIpc) is 2.82. The van der Waals surface area contributed by atoms with Gasteiger partial charge in [-0.15, -0.1) is 0 Å². The minimum atomic E-state index is -0.0860. The van der Waals surface area contributed by atoms with Gasteiger partial charge in [0, 0.05) is 24.5 Å². The predicted octanol–water partition coefficient (Wildman–Crippen LogP) is 4.37. The van der Waals surface area contributed by atoms with Crippen molar-refractivity contribution in [1.29, 1.82) is 0 Å². The van der Waals surface area contributed by atoms with Crippen LogP contribution in [0.25, 0.3) is 21.7 Å². The third-order valence-corrected chi connectivity index (χ3v) is 6.43. The zero-order chi connectivity index (χ0) is 21.4. The Balaban J connectivity index is 1.60. The largest absolute Gasteiger partial charge is 0.632 e. The fourth-order valence-corrected chi connectivity index (χ4v) is 4.79. The van der Waals surface area contributed by atoms with Gasteiger partial charge in [-0.05, 0) is 35.7 Å². The molecule has 4 aromatic rings. The first-order valence-electron chi connectivity index (χ1n) is 10.9. The first kappa shape index (κ1) is 19.5. The average molecular weight is 415 g/mol. The summed E-state index contributed by atoms with van der Waals surface area (Å²) in [6.45, 7) is -0.00229. The van der Waals surface area contributed by atoms with Crippen LogP contribution in [0.5, 0.6) is 11.9 Å². The van der Waals surface area contributed by atoms with Crippen LogP contribution in [0.3, 0.4) is 0 Å². The summed E-state index contributed by atoms with van der Waals surface area (Å²) in [6.07, 6.45) is 5.12. The summed E-state index contributed by atoms with van der Waals surface area (Å²) in [7, 11) is 0. The standard InChI is InChI=1S/C26H24N2O3/c29-24(20-15-14-18-8-4-5-9-19(18)16-20)17-27-23-13-7-6-12-22(23)25(30)28(26(27)31)21-10-2-1-3-11-21/h4-9,12-16,21H,1-3,10-11,17H2/p+2. The summed E-state index contributed by atoms with van der Waals surface area (Å²) >= 11 is 0. The zero-order valence-electron chi connectivity index (χ0n) is 17.4. The predicted molar refractivity (Wildman–Crippen MR) is 118 cm³/mol. The van der Waals surface area contributed by atoms with Crippen molar-refractivity contribution in [1.82, 2.24) is 0 Å². The van der Waals surface area contributed by atoms with Crippen LogP contribution in [0.2, 0.25) is 0 Å². The molecule has 3 aromatic carbocycles. The molecule has 5 heteroatoms. The molecule has 1 fully saturated rings. The maximum atomic E-state index is 13.2. The molecule has 0 atom stereocenters. The molecule has 1 aliphatic carbocycles.